The number of aryl methyl sites for hydroxylation is 3. The molecule has 0 spiro atoms. The Labute approximate surface area is 133 Å². The van der Waals surface area contributed by atoms with Crippen LogP contribution in [0.3, 0.4) is 0 Å². The smallest absolute Gasteiger partial charge is 0.261 e. The van der Waals surface area contributed by atoms with Crippen LogP contribution in [0.1, 0.15) is 36.5 Å². The molecule has 0 aliphatic rings. The van der Waals surface area contributed by atoms with Gasteiger partial charge in [0.05, 0.1) is 10.6 Å². The van der Waals surface area contributed by atoms with E-state index in [2.05, 4.69) is 17.7 Å². The van der Waals surface area contributed by atoms with Crippen molar-refractivity contribution in [3.05, 3.63) is 59.2 Å². The second-order valence-corrected chi connectivity index (χ2v) is 7.36. The molecule has 0 aromatic heterocycles. The Hall–Kier alpha value is -1.81. The second-order valence-electron chi connectivity index (χ2n) is 5.67. The fourth-order valence-corrected chi connectivity index (χ4v) is 3.60. The lowest BCUT2D eigenvalue weighted by atomic mass is 10.1. The van der Waals surface area contributed by atoms with Gasteiger partial charge in [0.2, 0.25) is 0 Å². The van der Waals surface area contributed by atoms with Gasteiger partial charge in [-0.2, -0.15) is 0 Å². The number of nitrogens with one attached hydrogen (secondary N) is 1. The average molecular weight is 317 g/mol. The van der Waals surface area contributed by atoms with Crippen LogP contribution in [0.5, 0.6) is 0 Å². The van der Waals surface area contributed by atoms with Crippen molar-refractivity contribution in [3.8, 4) is 0 Å². The molecule has 0 aliphatic heterocycles. The van der Waals surface area contributed by atoms with Crippen LogP contribution in [0.25, 0.3) is 0 Å². The average Bonchev–Trinajstić information content (AvgIpc) is 2.47. The minimum Gasteiger partial charge on any atom is -0.279 e. The second kappa shape index (κ2) is 6.97. The summed E-state index contributed by atoms with van der Waals surface area (Å²) in [7, 11) is -3.54. The number of hydrogen-bond donors (Lipinski definition) is 1. The molecule has 0 amide bonds. The summed E-state index contributed by atoms with van der Waals surface area (Å²) in [6.45, 7) is 5.98. The minimum atomic E-state index is -3.54. The summed E-state index contributed by atoms with van der Waals surface area (Å²) >= 11 is 0. The summed E-state index contributed by atoms with van der Waals surface area (Å²) < 4.78 is 27.6. The molecule has 118 valence electrons. The SMILES string of the molecule is CCCCc1ccc(NS(=O)(=O)c2cccc(C)c2)c(C)c1. The highest BCUT2D eigenvalue weighted by Crippen LogP contribution is 2.22. The highest BCUT2D eigenvalue weighted by Gasteiger charge is 2.15. The van der Waals surface area contributed by atoms with Gasteiger partial charge in [-0.15, -0.1) is 0 Å². The Morgan fingerprint density at radius 1 is 1.05 bits per heavy atom. The van der Waals surface area contributed by atoms with Crippen LogP contribution in [-0.2, 0) is 16.4 Å². The van der Waals surface area contributed by atoms with Gasteiger partial charge in [0.1, 0.15) is 0 Å². The number of hydrogen-bond acceptors (Lipinski definition) is 2. The fraction of sp³-hybridized carbons (Fsp3) is 0.333. The third-order valence-electron chi connectivity index (χ3n) is 3.65. The maximum atomic E-state index is 12.5. The first-order valence-electron chi connectivity index (χ1n) is 7.61. The number of sulfonamides is 1. The van der Waals surface area contributed by atoms with E-state index in [1.165, 1.54) is 5.56 Å². The minimum absolute atomic E-state index is 0.293. The molecular formula is C18H23NO2S. The molecule has 0 heterocycles. The van der Waals surface area contributed by atoms with E-state index in [1.807, 2.05) is 32.0 Å². The standard InChI is InChI=1S/C18H23NO2S/c1-4-5-8-16-10-11-18(15(3)13-16)19-22(20,21)17-9-6-7-14(2)12-17/h6-7,9-13,19H,4-5,8H2,1-3H3. The zero-order valence-corrected chi connectivity index (χ0v) is 14.2. The van der Waals surface area contributed by atoms with Crippen LogP contribution in [-0.4, -0.2) is 8.42 Å². The van der Waals surface area contributed by atoms with Gasteiger partial charge in [-0.05, 0) is 61.6 Å². The van der Waals surface area contributed by atoms with Gasteiger partial charge in [-0.3, -0.25) is 4.72 Å². The number of anilines is 1. The Morgan fingerprint density at radius 2 is 1.82 bits per heavy atom. The van der Waals surface area contributed by atoms with E-state index in [-0.39, 0.29) is 0 Å². The third-order valence-corrected chi connectivity index (χ3v) is 5.02. The predicted molar refractivity (Wildman–Crippen MR) is 91.8 cm³/mol. The molecule has 2 aromatic carbocycles. The Balaban J connectivity index is 2.23. The third kappa shape index (κ3) is 4.10. The quantitative estimate of drug-likeness (QED) is 0.855. The summed E-state index contributed by atoms with van der Waals surface area (Å²) in [4.78, 5) is 0.293. The number of rotatable bonds is 6. The molecule has 0 fully saturated rings. The van der Waals surface area contributed by atoms with Crippen molar-refractivity contribution in [3.63, 3.8) is 0 Å². The lowest BCUT2D eigenvalue weighted by Crippen LogP contribution is -2.14. The highest BCUT2D eigenvalue weighted by atomic mass is 32.2. The first-order valence-corrected chi connectivity index (χ1v) is 9.09. The molecule has 0 atom stereocenters. The lowest BCUT2D eigenvalue weighted by Gasteiger charge is -2.12. The number of unbranched alkanes of at least 4 members (excludes halogenated alkanes) is 1. The molecule has 0 saturated heterocycles. The van der Waals surface area contributed by atoms with Gasteiger partial charge >= 0.3 is 0 Å². The van der Waals surface area contributed by atoms with Gasteiger partial charge in [-0.25, -0.2) is 8.42 Å². The van der Waals surface area contributed by atoms with Crippen molar-refractivity contribution in [2.75, 3.05) is 4.72 Å². The lowest BCUT2D eigenvalue weighted by molar-refractivity contribution is 0.601. The molecule has 3 nitrogen and oxygen atoms in total. The van der Waals surface area contributed by atoms with Crippen molar-refractivity contribution in [2.45, 2.75) is 44.9 Å². The van der Waals surface area contributed by atoms with E-state index in [0.717, 1.165) is 30.4 Å². The number of benzene rings is 2. The van der Waals surface area contributed by atoms with Crippen LogP contribution in [0.15, 0.2) is 47.4 Å². The zero-order valence-electron chi connectivity index (χ0n) is 13.4. The van der Waals surface area contributed by atoms with Crippen molar-refractivity contribution in [1.82, 2.24) is 0 Å². The van der Waals surface area contributed by atoms with Gasteiger partial charge in [0.15, 0.2) is 0 Å². The Morgan fingerprint density at radius 3 is 2.45 bits per heavy atom. The largest absolute Gasteiger partial charge is 0.279 e. The van der Waals surface area contributed by atoms with E-state index in [9.17, 15) is 8.42 Å². The molecule has 4 heteroatoms. The van der Waals surface area contributed by atoms with Crippen LogP contribution >= 0.6 is 0 Å². The van der Waals surface area contributed by atoms with Crippen molar-refractivity contribution < 1.29 is 8.42 Å². The van der Waals surface area contributed by atoms with Crippen LogP contribution in [0, 0.1) is 13.8 Å². The topological polar surface area (TPSA) is 46.2 Å². The zero-order chi connectivity index (χ0) is 16.2. The van der Waals surface area contributed by atoms with E-state index in [1.54, 1.807) is 18.2 Å². The van der Waals surface area contributed by atoms with E-state index >= 15 is 0 Å². The molecular weight excluding hydrogens is 294 g/mol. The molecule has 0 saturated carbocycles. The summed E-state index contributed by atoms with van der Waals surface area (Å²) in [5, 5.41) is 0. The summed E-state index contributed by atoms with van der Waals surface area (Å²) in [5.41, 5.74) is 3.76. The maximum absolute atomic E-state index is 12.5. The van der Waals surface area contributed by atoms with Crippen LogP contribution in [0.4, 0.5) is 5.69 Å². The van der Waals surface area contributed by atoms with Gasteiger partial charge in [0.25, 0.3) is 10.0 Å². The monoisotopic (exact) mass is 317 g/mol. The van der Waals surface area contributed by atoms with E-state index in [4.69, 9.17) is 0 Å². The predicted octanol–water partition coefficient (Wildman–Crippen LogP) is 4.45. The van der Waals surface area contributed by atoms with Crippen LogP contribution in [0.2, 0.25) is 0 Å². The normalized spacial score (nSPS) is 11.4. The van der Waals surface area contributed by atoms with Gasteiger partial charge < -0.3 is 0 Å². The van der Waals surface area contributed by atoms with E-state index in [0.29, 0.717) is 10.6 Å². The first-order chi connectivity index (χ1) is 10.4. The Bertz CT molecular complexity index is 751. The molecule has 2 rings (SSSR count). The highest BCUT2D eigenvalue weighted by molar-refractivity contribution is 7.92. The maximum Gasteiger partial charge on any atom is 0.261 e. The van der Waals surface area contributed by atoms with E-state index < -0.39 is 10.0 Å². The Kier molecular flexibility index (Phi) is 5.24. The molecule has 2 aromatic rings. The molecule has 0 bridgehead atoms. The van der Waals surface area contributed by atoms with Crippen molar-refractivity contribution >= 4 is 15.7 Å². The molecule has 1 N–H and O–H groups in total. The molecule has 0 radical (unpaired) electrons. The molecule has 0 unspecified atom stereocenters. The summed E-state index contributed by atoms with van der Waals surface area (Å²) in [6, 6.07) is 12.8. The van der Waals surface area contributed by atoms with Gasteiger partial charge in [0, 0.05) is 0 Å². The molecule has 22 heavy (non-hydrogen) atoms. The van der Waals surface area contributed by atoms with Crippen LogP contribution < -0.4 is 4.72 Å². The van der Waals surface area contributed by atoms with Gasteiger partial charge in [-0.1, -0.05) is 37.6 Å². The van der Waals surface area contributed by atoms with Crippen molar-refractivity contribution in [2.24, 2.45) is 0 Å². The summed E-state index contributed by atoms with van der Waals surface area (Å²) in [6.07, 6.45) is 3.33. The summed E-state index contributed by atoms with van der Waals surface area (Å²) in [5.74, 6) is 0. The van der Waals surface area contributed by atoms with Crippen molar-refractivity contribution in [1.29, 1.82) is 0 Å². The molecule has 0 aliphatic carbocycles. The first kappa shape index (κ1) is 16.6. The fourth-order valence-electron chi connectivity index (χ4n) is 2.36.